The van der Waals surface area contributed by atoms with Gasteiger partial charge in [-0.1, -0.05) is 0 Å². The molecule has 8 heteroatoms. The Morgan fingerprint density at radius 2 is 2.00 bits per heavy atom. The van der Waals surface area contributed by atoms with Crippen LogP contribution in [0.3, 0.4) is 0 Å². The van der Waals surface area contributed by atoms with E-state index in [0.29, 0.717) is 23.4 Å². The zero-order valence-corrected chi connectivity index (χ0v) is 16.1. The van der Waals surface area contributed by atoms with Crippen LogP contribution < -0.4 is 15.1 Å². The molecule has 150 valence electrons. The number of ether oxygens (including phenoxy) is 4. The molecule has 2 atom stereocenters. The van der Waals surface area contributed by atoms with Crippen LogP contribution in [-0.4, -0.2) is 44.5 Å². The summed E-state index contributed by atoms with van der Waals surface area (Å²) in [4.78, 5) is 28.9. The zero-order valence-electron chi connectivity index (χ0n) is 16.1. The van der Waals surface area contributed by atoms with Gasteiger partial charge < -0.3 is 23.4 Å². The minimum Gasteiger partial charge on any atom is -0.494 e. The van der Waals surface area contributed by atoms with Gasteiger partial charge in [0.25, 0.3) is 0 Å². The number of carbonyl (C=O) groups excluding carboxylic acids is 1. The van der Waals surface area contributed by atoms with Gasteiger partial charge >= 0.3 is 11.6 Å². The molecule has 2 aromatic rings. The van der Waals surface area contributed by atoms with Crippen molar-refractivity contribution < 1.29 is 28.2 Å². The maximum Gasteiger partial charge on any atom is 0.379 e. The quantitative estimate of drug-likeness (QED) is 0.696. The Hall–Kier alpha value is -2.87. The molecule has 0 bridgehead atoms. The number of aromatic nitrogens is 1. The van der Waals surface area contributed by atoms with Crippen LogP contribution in [0, 0.1) is 0 Å². The van der Waals surface area contributed by atoms with Crippen molar-refractivity contribution in [2.45, 2.75) is 37.9 Å². The van der Waals surface area contributed by atoms with Crippen LogP contribution in [0.2, 0.25) is 0 Å². The molecule has 8 nitrogen and oxygen atoms in total. The SMILES string of the molecule is COC(=O)c1cc(-c2ncccc2OC)c(OC2CCCC(OC)C2)c(=O)o1. The van der Waals surface area contributed by atoms with Crippen LogP contribution in [0.15, 0.2) is 33.6 Å². The lowest BCUT2D eigenvalue weighted by Gasteiger charge is -2.28. The van der Waals surface area contributed by atoms with Crippen molar-refractivity contribution in [2.24, 2.45) is 0 Å². The van der Waals surface area contributed by atoms with E-state index < -0.39 is 11.6 Å². The first-order valence-electron chi connectivity index (χ1n) is 9.02. The van der Waals surface area contributed by atoms with Crippen molar-refractivity contribution in [3.8, 4) is 22.8 Å². The summed E-state index contributed by atoms with van der Waals surface area (Å²) in [6.45, 7) is 0. The number of nitrogens with zero attached hydrogens (tertiary/aromatic N) is 1. The molecule has 0 spiro atoms. The minimum atomic E-state index is -0.773. The fourth-order valence-corrected chi connectivity index (χ4v) is 3.32. The lowest BCUT2D eigenvalue weighted by Crippen LogP contribution is -2.31. The normalized spacial score (nSPS) is 19.1. The highest BCUT2D eigenvalue weighted by molar-refractivity contribution is 5.88. The van der Waals surface area contributed by atoms with Gasteiger partial charge in [0.05, 0.1) is 25.9 Å². The maximum atomic E-state index is 12.7. The van der Waals surface area contributed by atoms with Crippen LogP contribution in [0.4, 0.5) is 0 Å². The Kier molecular flexibility index (Phi) is 6.30. The molecular weight excluding hydrogens is 366 g/mol. The zero-order chi connectivity index (χ0) is 20.1. The highest BCUT2D eigenvalue weighted by atomic mass is 16.5. The lowest BCUT2D eigenvalue weighted by atomic mass is 9.95. The van der Waals surface area contributed by atoms with Gasteiger partial charge in [-0.15, -0.1) is 0 Å². The summed E-state index contributed by atoms with van der Waals surface area (Å²) in [7, 11) is 4.37. The molecule has 0 aromatic carbocycles. The van der Waals surface area contributed by atoms with E-state index in [9.17, 15) is 9.59 Å². The van der Waals surface area contributed by atoms with Crippen molar-refractivity contribution in [1.29, 1.82) is 0 Å². The Morgan fingerprint density at radius 1 is 1.21 bits per heavy atom. The molecular formula is C20H23NO7. The fourth-order valence-electron chi connectivity index (χ4n) is 3.32. The molecule has 1 fully saturated rings. The molecule has 2 aromatic heterocycles. The van der Waals surface area contributed by atoms with Gasteiger partial charge in [-0.2, -0.15) is 0 Å². The molecule has 1 saturated carbocycles. The number of esters is 1. The van der Waals surface area contributed by atoms with Gasteiger partial charge in [0.1, 0.15) is 17.5 Å². The standard InChI is InChI=1S/C20H23NO7/c1-24-12-6-4-7-13(10-12)27-18-14(17-15(25-2)8-5-9-21-17)11-16(19(22)26-3)28-20(18)23/h5,8-9,11-13H,4,6-7,10H2,1-3H3. The summed E-state index contributed by atoms with van der Waals surface area (Å²) >= 11 is 0. The van der Waals surface area contributed by atoms with E-state index >= 15 is 0 Å². The lowest BCUT2D eigenvalue weighted by molar-refractivity contribution is 0.0198. The Bertz CT molecular complexity index is 892. The van der Waals surface area contributed by atoms with Crippen molar-refractivity contribution in [3.05, 3.63) is 40.6 Å². The largest absolute Gasteiger partial charge is 0.494 e. The van der Waals surface area contributed by atoms with Gasteiger partial charge in [-0.05, 0) is 31.4 Å². The first-order chi connectivity index (χ1) is 13.6. The third kappa shape index (κ3) is 4.17. The van der Waals surface area contributed by atoms with Crippen LogP contribution in [-0.2, 0) is 9.47 Å². The van der Waals surface area contributed by atoms with E-state index in [1.54, 1.807) is 25.4 Å². The van der Waals surface area contributed by atoms with E-state index in [4.69, 9.17) is 18.6 Å². The molecule has 3 rings (SSSR count). The second-order valence-electron chi connectivity index (χ2n) is 6.45. The summed E-state index contributed by atoms with van der Waals surface area (Å²) < 4.78 is 26.6. The van der Waals surface area contributed by atoms with Gasteiger partial charge in [0.2, 0.25) is 11.5 Å². The topological polar surface area (TPSA) is 97.1 Å². The van der Waals surface area contributed by atoms with Gasteiger partial charge in [0, 0.05) is 25.8 Å². The molecule has 0 radical (unpaired) electrons. The Balaban J connectivity index is 2.07. The average molecular weight is 389 g/mol. The summed E-state index contributed by atoms with van der Waals surface area (Å²) in [5.41, 5.74) is -0.0871. The van der Waals surface area contributed by atoms with Crippen molar-refractivity contribution in [1.82, 2.24) is 4.98 Å². The predicted molar refractivity (Wildman–Crippen MR) is 99.8 cm³/mol. The molecule has 0 N–H and O–H groups in total. The maximum absolute atomic E-state index is 12.7. The number of pyridine rings is 1. The van der Waals surface area contributed by atoms with E-state index in [1.165, 1.54) is 20.3 Å². The van der Waals surface area contributed by atoms with Crippen LogP contribution in [0.5, 0.6) is 11.5 Å². The molecule has 28 heavy (non-hydrogen) atoms. The Morgan fingerprint density at radius 3 is 2.71 bits per heavy atom. The molecule has 2 heterocycles. The van der Waals surface area contributed by atoms with Crippen LogP contribution >= 0.6 is 0 Å². The summed E-state index contributed by atoms with van der Waals surface area (Å²) in [6.07, 6.45) is 4.76. The number of hydrogen-bond donors (Lipinski definition) is 0. The molecule has 1 aliphatic carbocycles. The van der Waals surface area contributed by atoms with E-state index in [1.807, 2.05) is 0 Å². The summed E-state index contributed by atoms with van der Waals surface area (Å²) in [6, 6.07) is 4.81. The van der Waals surface area contributed by atoms with Crippen molar-refractivity contribution in [2.75, 3.05) is 21.3 Å². The molecule has 0 aliphatic heterocycles. The first kappa shape index (κ1) is 19.9. The average Bonchev–Trinajstić information content (AvgIpc) is 2.74. The number of rotatable bonds is 6. The van der Waals surface area contributed by atoms with Crippen LogP contribution in [0.25, 0.3) is 11.3 Å². The highest BCUT2D eigenvalue weighted by Gasteiger charge is 2.28. The van der Waals surface area contributed by atoms with Gasteiger partial charge in [-0.25, -0.2) is 9.59 Å². The van der Waals surface area contributed by atoms with E-state index in [0.717, 1.165) is 19.3 Å². The van der Waals surface area contributed by atoms with Crippen molar-refractivity contribution >= 4 is 5.97 Å². The molecule has 2 unspecified atom stereocenters. The first-order valence-corrected chi connectivity index (χ1v) is 9.02. The summed E-state index contributed by atoms with van der Waals surface area (Å²) in [5, 5.41) is 0. The minimum absolute atomic E-state index is 0.00796. The van der Waals surface area contributed by atoms with E-state index in [-0.39, 0.29) is 23.7 Å². The fraction of sp³-hybridized carbons (Fsp3) is 0.450. The van der Waals surface area contributed by atoms with Crippen molar-refractivity contribution in [3.63, 3.8) is 0 Å². The second kappa shape index (κ2) is 8.88. The summed E-state index contributed by atoms with van der Waals surface area (Å²) in [5.74, 6) is -0.573. The molecule has 1 aliphatic rings. The van der Waals surface area contributed by atoms with Gasteiger partial charge in [0.15, 0.2) is 0 Å². The third-order valence-corrected chi connectivity index (χ3v) is 4.74. The Labute approximate surface area is 162 Å². The number of hydrogen-bond acceptors (Lipinski definition) is 8. The monoisotopic (exact) mass is 389 g/mol. The smallest absolute Gasteiger partial charge is 0.379 e. The highest BCUT2D eigenvalue weighted by Crippen LogP contribution is 2.35. The number of methoxy groups -OCH3 is 3. The van der Waals surface area contributed by atoms with Gasteiger partial charge in [-0.3, -0.25) is 4.98 Å². The third-order valence-electron chi connectivity index (χ3n) is 4.74. The second-order valence-corrected chi connectivity index (χ2v) is 6.45. The molecule has 0 amide bonds. The van der Waals surface area contributed by atoms with Crippen LogP contribution in [0.1, 0.15) is 36.2 Å². The molecule has 0 saturated heterocycles. The number of carbonyl (C=O) groups is 1. The van der Waals surface area contributed by atoms with E-state index in [2.05, 4.69) is 9.72 Å². The predicted octanol–water partition coefficient (Wildman–Crippen LogP) is 2.83.